The van der Waals surface area contributed by atoms with Gasteiger partial charge >= 0.3 is 0 Å². The fourth-order valence-corrected chi connectivity index (χ4v) is 1.97. The van der Waals surface area contributed by atoms with E-state index in [-0.39, 0.29) is 19.3 Å². The Balaban J connectivity index is 2.76. The third-order valence-corrected chi connectivity index (χ3v) is 2.63. The molecule has 0 spiro atoms. The number of anilines is 1. The molecule has 0 unspecified atom stereocenters. The van der Waals surface area contributed by atoms with Gasteiger partial charge in [0.2, 0.25) is 0 Å². The van der Waals surface area contributed by atoms with Gasteiger partial charge in [0.05, 0.1) is 23.7 Å². The molecular formula is C8H10Br2N2O2. The average molecular weight is 326 g/mol. The summed E-state index contributed by atoms with van der Waals surface area (Å²) in [6, 6.07) is 1.45. The summed E-state index contributed by atoms with van der Waals surface area (Å²) in [5.74, 6) is 0.598. The van der Waals surface area contributed by atoms with E-state index in [0.29, 0.717) is 5.82 Å². The molecule has 1 aromatic heterocycles. The molecule has 0 radical (unpaired) electrons. The highest BCUT2D eigenvalue weighted by Crippen LogP contribution is 2.23. The van der Waals surface area contributed by atoms with Crippen LogP contribution in [0.5, 0.6) is 0 Å². The molecule has 14 heavy (non-hydrogen) atoms. The van der Waals surface area contributed by atoms with Gasteiger partial charge in [-0.1, -0.05) is 0 Å². The summed E-state index contributed by atoms with van der Waals surface area (Å²) in [5.41, 5.74) is 0. The molecule has 0 bridgehead atoms. The lowest BCUT2D eigenvalue weighted by Gasteiger charge is -2.14. The van der Waals surface area contributed by atoms with Crippen molar-refractivity contribution in [1.82, 2.24) is 4.98 Å². The Morgan fingerprint density at radius 1 is 1.36 bits per heavy atom. The predicted molar refractivity (Wildman–Crippen MR) is 61.2 cm³/mol. The second-order valence-electron chi connectivity index (χ2n) is 2.69. The van der Waals surface area contributed by atoms with Crippen LogP contribution >= 0.6 is 31.9 Å². The van der Waals surface area contributed by atoms with Gasteiger partial charge in [0.15, 0.2) is 0 Å². The third-order valence-electron chi connectivity index (χ3n) is 1.59. The Labute approximate surface area is 98.6 Å². The number of pyridine rings is 1. The number of aliphatic hydroxyl groups is 2. The molecule has 6 heteroatoms. The molecule has 0 aliphatic carbocycles. The van der Waals surface area contributed by atoms with E-state index >= 15 is 0 Å². The second kappa shape index (κ2) is 5.65. The van der Waals surface area contributed by atoms with E-state index in [1.54, 1.807) is 6.20 Å². The van der Waals surface area contributed by atoms with Gasteiger partial charge in [-0.3, -0.25) is 0 Å². The smallest absolute Gasteiger partial charge is 0.140 e. The standard InChI is InChI=1S/C8H10Br2N2O2/c9-5-1-7(10)8(11-2-5)12-6(3-13)4-14/h1-2,6,13-14H,3-4H2,(H,11,12). The average Bonchev–Trinajstić information content (AvgIpc) is 2.17. The van der Waals surface area contributed by atoms with E-state index in [9.17, 15) is 0 Å². The van der Waals surface area contributed by atoms with Crippen LogP contribution in [0.25, 0.3) is 0 Å². The zero-order chi connectivity index (χ0) is 10.6. The van der Waals surface area contributed by atoms with Crippen LogP contribution in [0, 0.1) is 0 Å². The number of nitrogens with one attached hydrogen (secondary N) is 1. The van der Waals surface area contributed by atoms with Gasteiger partial charge in [0.25, 0.3) is 0 Å². The number of aliphatic hydroxyl groups excluding tert-OH is 2. The Bertz CT molecular complexity index is 305. The molecule has 78 valence electrons. The largest absolute Gasteiger partial charge is 0.394 e. The fraction of sp³-hybridized carbons (Fsp3) is 0.375. The molecule has 0 saturated carbocycles. The van der Waals surface area contributed by atoms with Crippen LogP contribution in [-0.2, 0) is 0 Å². The summed E-state index contributed by atoms with van der Waals surface area (Å²) in [5, 5.41) is 20.6. The summed E-state index contributed by atoms with van der Waals surface area (Å²) >= 11 is 6.59. The summed E-state index contributed by atoms with van der Waals surface area (Å²) in [6.07, 6.45) is 1.64. The highest BCUT2D eigenvalue weighted by atomic mass is 79.9. The first kappa shape index (κ1) is 11.9. The first-order valence-electron chi connectivity index (χ1n) is 3.96. The topological polar surface area (TPSA) is 65.4 Å². The van der Waals surface area contributed by atoms with Crippen molar-refractivity contribution >= 4 is 37.7 Å². The van der Waals surface area contributed by atoms with Crippen LogP contribution in [0.2, 0.25) is 0 Å². The van der Waals surface area contributed by atoms with Crippen LogP contribution in [0.15, 0.2) is 21.2 Å². The van der Waals surface area contributed by atoms with E-state index in [1.165, 1.54) is 0 Å². The van der Waals surface area contributed by atoms with Gasteiger partial charge in [-0.05, 0) is 37.9 Å². The monoisotopic (exact) mass is 324 g/mol. The molecule has 4 nitrogen and oxygen atoms in total. The van der Waals surface area contributed by atoms with E-state index < -0.39 is 0 Å². The van der Waals surface area contributed by atoms with Crippen LogP contribution in [-0.4, -0.2) is 34.5 Å². The first-order chi connectivity index (χ1) is 6.67. The lowest BCUT2D eigenvalue weighted by atomic mass is 10.3. The van der Waals surface area contributed by atoms with E-state index in [0.717, 1.165) is 8.95 Å². The van der Waals surface area contributed by atoms with Gasteiger partial charge in [-0.25, -0.2) is 4.98 Å². The third kappa shape index (κ3) is 3.20. The molecule has 3 N–H and O–H groups in total. The van der Waals surface area contributed by atoms with Crippen molar-refractivity contribution in [3.8, 4) is 0 Å². The molecule has 0 aromatic carbocycles. The lowest BCUT2D eigenvalue weighted by molar-refractivity contribution is 0.203. The Hall–Kier alpha value is -0.170. The van der Waals surface area contributed by atoms with Crippen molar-refractivity contribution < 1.29 is 10.2 Å². The van der Waals surface area contributed by atoms with Crippen molar-refractivity contribution in [3.05, 3.63) is 21.2 Å². The summed E-state index contributed by atoms with van der Waals surface area (Å²) in [6.45, 7) is -0.276. The molecule has 1 heterocycles. The number of halogens is 2. The van der Waals surface area contributed by atoms with Crippen molar-refractivity contribution in [3.63, 3.8) is 0 Å². The highest BCUT2D eigenvalue weighted by molar-refractivity contribution is 9.11. The number of hydrogen-bond acceptors (Lipinski definition) is 4. The molecule has 0 atom stereocenters. The molecule has 0 amide bonds. The maximum atomic E-state index is 8.86. The van der Waals surface area contributed by atoms with Gasteiger partial charge in [0, 0.05) is 10.7 Å². The maximum Gasteiger partial charge on any atom is 0.140 e. The summed E-state index contributed by atoms with van der Waals surface area (Å²) < 4.78 is 1.64. The zero-order valence-electron chi connectivity index (χ0n) is 7.24. The lowest BCUT2D eigenvalue weighted by Crippen LogP contribution is -2.28. The first-order valence-corrected chi connectivity index (χ1v) is 5.55. The van der Waals surface area contributed by atoms with Crippen molar-refractivity contribution in [1.29, 1.82) is 0 Å². The van der Waals surface area contributed by atoms with Crippen molar-refractivity contribution in [2.45, 2.75) is 6.04 Å². The van der Waals surface area contributed by atoms with Crippen molar-refractivity contribution in [2.24, 2.45) is 0 Å². The second-order valence-corrected chi connectivity index (χ2v) is 4.46. The summed E-state index contributed by atoms with van der Waals surface area (Å²) in [4.78, 5) is 4.09. The SMILES string of the molecule is OCC(CO)Nc1ncc(Br)cc1Br. The van der Waals surface area contributed by atoms with Crippen LogP contribution in [0.1, 0.15) is 0 Å². The van der Waals surface area contributed by atoms with E-state index in [1.807, 2.05) is 6.07 Å². The van der Waals surface area contributed by atoms with Gasteiger partial charge in [-0.15, -0.1) is 0 Å². The molecule has 1 rings (SSSR count). The fourth-order valence-electron chi connectivity index (χ4n) is 0.863. The van der Waals surface area contributed by atoms with E-state index in [2.05, 4.69) is 42.2 Å². The minimum atomic E-state index is -0.389. The Kier molecular flexibility index (Phi) is 4.80. The zero-order valence-corrected chi connectivity index (χ0v) is 10.4. The molecular weight excluding hydrogens is 316 g/mol. The summed E-state index contributed by atoms with van der Waals surface area (Å²) in [7, 11) is 0. The Morgan fingerprint density at radius 3 is 2.50 bits per heavy atom. The number of rotatable bonds is 4. The highest BCUT2D eigenvalue weighted by Gasteiger charge is 2.08. The molecule has 0 saturated heterocycles. The quantitative estimate of drug-likeness (QED) is 0.782. The number of hydrogen-bond donors (Lipinski definition) is 3. The van der Waals surface area contributed by atoms with Gasteiger partial charge in [-0.2, -0.15) is 0 Å². The maximum absolute atomic E-state index is 8.86. The molecule has 1 aromatic rings. The molecule has 0 aliphatic heterocycles. The minimum Gasteiger partial charge on any atom is -0.394 e. The number of aromatic nitrogens is 1. The minimum absolute atomic E-state index is 0.138. The predicted octanol–water partition coefficient (Wildman–Crippen LogP) is 1.37. The molecule has 0 aliphatic rings. The van der Waals surface area contributed by atoms with Crippen LogP contribution < -0.4 is 5.32 Å². The Morgan fingerprint density at radius 2 is 2.00 bits per heavy atom. The normalized spacial score (nSPS) is 10.6. The van der Waals surface area contributed by atoms with Gasteiger partial charge < -0.3 is 15.5 Å². The number of nitrogens with zero attached hydrogens (tertiary/aromatic N) is 1. The van der Waals surface area contributed by atoms with Crippen molar-refractivity contribution in [2.75, 3.05) is 18.5 Å². The molecule has 0 fully saturated rings. The van der Waals surface area contributed by atoms with Gasteiger partial charge in [0.1, 0.15) is 5.82 Å². The van der Waals surface area contributed by atoms with Crippen LogP contribution in [0.3, 0.4) is 0 Å². The van der Waals surface area contributed by atoms with Crippen LogP contribution in [0.4, 0.5) is 5.82 Å². The van der Waals surface area contributed by atoms with E-state index in [4.69, 9.17) is 10.2 Å².